The lowest BCUT2D eigenvalue weighted by Crippen LogP contribution is -2.33. The molecule has 0 fully saturated rings. The predicted molar refractivity (Wildman–Crippen MR) is 109 cm³/mol. The molecule has 2 aromatic heterocycles. The number of aryl methyl sites for hydroxylation is 1. The molecule has 0 spiro atoms. The summed E-state index contributed by atoms with van der Waals surface area (Å²) in [4.78, 5) is 44.6. The fourth-order valence-corrected chi connectivity index (χ4v) is 3.14. The molecule has 0 bridgehead atoms. The van der Waals surface area contributed by atoms with Gasteiger partial charge < -0.3 is 9.72 Å². The topological polar surface area (TPSA) is 123 Å². The standard InChI is InChI=1S/C18H17Cl2N5O4/c1-4-25-18(28)23-17(27)14(24-25)9-5-10(19)15(11(20)6-9)29-12-7-21-16(26)13(22-12)8(2)3/h5-8H,4H2,1-3H3,(H,21,26)(H,23,27,28). The number of hydrogen-bond donors (Lipinski definition) is 2. The van der Waals surface area contributed by atoms with Gasteiger partial charge in [0.25, 0.3) is 11.1 Å². The summed E-state index contributed by atoms with van der Waals surface area (Å²) in [6, 6.07) is 2.89. The monoisotopic (exact) mass is 437 g/mol. The molecule has 0 aliphatic rings. The van der Waals surface area contributed by atoms with Crippen LogP contribution < -0.4 is 21.5 Å². The number of aromatic amines is 2. The minimum Gasteiger partial charge on any atom is -0.434 e. The van der Waals surface area contributed by atoms with E-state index in [-0.39, 0.29) is 45.4 Å². The first-order valence-electron chi connectivity index (χ1n) is 8.69. The number of nitrogens with zero attached hydrogens (tertiary/aromatic N) is 3. The minimum atomic E-state index is -0.663. The number of hydrogen-bond acceptors (Lipinski definition) is 6. The number of benzene rings is 1. The molecule has 11 heteroatoms. The van der Waals surface area contributed by atoms with Gasteiger partial charge in [0.05, 0.1) is 16.2 Å². The first-order chi connectivity index (χ1) is 13.7. The molecule has 29 heavy (non-hydrogen) atoms. The molecule has 2 N–H and O–H groups in total. The lowest BCUT2D eigenvalue weighted by molar-refractivity contribution is 0.455. The molecule has 0 saturated carbocycles. The number of nitrogens with one attached hydrogen (secondary N) is 2. The van der Waals surface area contributed by atoms with Gasteiger partial charge in [-0.2, -0.15) is 5.10 Å². The number of ether oxygens (including phenoxy) is 1. The Morgan fingerprint density at radius 2 is 1.79 bits per heavy atom. The van der Waals surface area contributed by atoms with Crippen molar-refractivity contribution in [1.29, 1.82) is 0 Å². The van der Waals surface area contributed by atoms with Crippen LogP contribution in [-0.4, -0.2) is 24.7 Å². The maximum Gasteiger partial charge on any atom is 0.344 e. The van der Waals surface area contributed by atoms with Crippen LogP contribution in [0.4, 0.5) is 0 Å². The number of rotatable bonds is 5. The lowest BCUT2D eigenvalue weighted by atomic mass is 10.1. The fourth-order valence-electron chi connectivity index (χ4n) is 2.58. The molecule has 2 heterocycles. The molecule has 0 atom stereocenters. The molecule has 3 aromatic rings. The van der Waals surface area contributed by atoms with E-state index in [4.69, 9.17) is 27.9 Å². The summed E-state index contributed by atoms with van der Waals surface area (Å²) in [5.74, 6) is 0.106. The van der Waals surface area contributed by atoms with E-state index in [1.807, 2.05) is 13.8 Å². The molecule has 152 valence electrons. The van der Waals surface area contributed by atoms with E-state index in [9.17, 15) is 14.4 Å². The van der Waals surface area contributed by atoms with Crippen LogP contribution in [0.15, 0.2) is 32.7 Å². The SMILES string of the molecule is CCn1nc(-c2cc(Cl)c(Oc3c[nH]c(=O)c(C(C)C)n3)c(Cl)c2)c(=O)[nH]c1=O. The van der Waals surface area contributed by atoms with Gasteiger partial charge in [-0.3, -0.25) is 14.6 Å². The summed E-state index contributed by atoms with van der Waals surface area (Å²) < 4.78 is 6.78. The van der Waals surface area contributed by atoms with Gasteiger partial charge in [-0.05, 0) is 19.1 Å². The molecular weight excluding hydrogens is 421 g/mol. The average molecular weight is 438 g/mol. The van der Waals surface area contributed by atoms with Crippen LogP contribution in [0.5, 0.6) is 11.6 Å². The second-order valence-electron chi connectivity index (χ2n) is 6.40. The first kappa shape index (κ1) is 20.8. The van der Waals surface area contributed by atoms with Crippen LogP contribution in [0.1, 0.15) is 32.4 Å². The summed E-state index contributed by atoms with van der Waals surface area (Å²) >= 11 is 12.6. The molecule has 3 rings (SSSR count). The Balaban J connectivity index is 2.04. The highest BCUT2D eigenvalue weighted by molar-refractivity contribution is 6.37. The van der Waals surface area contributed by atoms with E-state index < -0.39 is 11.2 Å². The fraction of sp³-hybridized carbons (Fsp3) is 0.278. The van der Waals surface area contributed by atoms with Crippen molar-refractivity contribution in [1.82, 2.24) is 24.7 Å². The van der Waals surface area contributed by atoms with Gasteiger partial charge in [-0.15, -0.1) is 0 Å². The Hall–Kier alpha value is -2.91. The van der Waals surface area contributed by atoms with E-state index in [1.54, 1.807) is 6.92 Å². The normalized spacial score (nSPS) is 11.1. The third-order valence-corrected chi connectivity index (χ3v) is 4.57. The Bertz CT molecular complexity index is 1220. The van der Waals surface area contributed by atoms with Crippen LogP contribution in [0.2, 0.25) is 10.0 Å². The summed E-state index contributed by atoms with van der Waals surface area (Å²) in [6.45, 7) is 5.66. The van der Waals surface area contributed by atoms with Crippen molar-refractivity contribution in [3.63, 3.8) is 0 Å². The van der Waals surface area contributed by atoms with E-state index in [2.05, 4.69) is 20.1 Å². The minimum absolute atomic E-state index is 0.00828. The van der Waals surface area contributed by atoms with E-state index in [0.29, 0.717) is 11.3 Å². The largest absolute Gasteiger partial charge is 0.434 e. The van der Waals surface area contributed by atoms with Crippen LogP contribution in [0, 0.1) is 0 Å². The Kier molecular flexibility index (Phi) is 5.90. The zero-order chi connectivity index (χ0) is 21.3. The highest BCUT2D eigenvalue weighted by Gasteiger charge is 2.17. The van der Waals surface area contributed by atoms with Gasteiger partial charge >= 0.3 is 5.69 Å². The quantitative estimate of drug-likeness (QED) is 0.632. The summed E-state index contributed by atoms with van der Waals surface area (Å²) in [6.07, 6.45) is 1.30. The van der Waals surface area contributed by atoms with Gasteiger partial charge in [-0.1, -0.05) is 37.0 Å². The van der Waals surface area contributed by atoms with Crippen LogP contribution in [0.3, 0.4) is 0 Å². The Morgan fingerprint density at radius 1 is 1.14 bits per heavy atom. The van der Waals surface area contributed by atoms with Gasteiger partial charge in [0.15, 0.2) is 11.4 Å². The van der Waals surface area contributed by atoms with Crippen molar-refractivity contribution < 1.29 is 4.74 Å². The van der Waals surface area contributed by atoms with Crippen molar-refractivity contribution in [3.8, 4) is 22.9 Å². The number of halogens is 2. The summed E-state index contributed by atoms with van der Waals surface area (Å²) in [5.41, 5.74) is -0.966. The molecular formula is C18H17Cl2N5O4. The smallest absolute Gasteiger partial charge is 0.344 e. The summed E-state index contributed by atoms with van der Waals surface area (Å²) in [5, 5.41) is 4.25. The molecule has 0 radical (unpaired) electrons. The third kappa shape index (κ3) is 4.25. The molecule has 0 aliphatic heterocycles. The molecule has 1 aromatic carbocycles. The Labute approximate surface area is 174 Å². The molecule has 0 saturated heterocycles. The molecule has 0 unspecified atom stereocenters. The van der Waals surface area contributed by atoms with E-state index >= 15 is 0 Å². The lowest BCUT2D eigenvalue weighted by Gasteiger charge is -2.12. The molecule has 0 amide bonds. The van der Waals surface area contributed by atoms with Gasteiger partial charge in [0.1, 0.15) is 5.69 Å². The first-order valence-corrected chi connectivity index (χ1v) is 9.45. The second-order valence-corrected chi connectivity index (χ2v) is 7.22. The number of H-pyrrole nitrogens is 2. The van der Waals surface area contributed by atoms with Gasteiger partial charge in [0, 0.05) is 18.0 Å². The van der Waals surface area contributed by atoms with Crippen molar-refractivity contribution in [2.75, 3.05) is 0 Å². The maximum absolute atomic E-state index is 12.1. The zero-order valence-electron chi connectivity index (χ0n) is 15.7. The van der Waals surface area contributed by atoms with Crippen molar-refractivity contribution >= 4 is 23.2 Å². The van der Waals surface area contributed by atoms with Crippen molar-refractivity contribution in [3.05, 3.63) is 65.3 Å². The van der Waals surface area contributed by atoms with Gasteiger partial charge in [-0.25, -0.2) is 14.5 Å². The second kappa shape index (κ2) is 8.22. The van der Waals surface area contributed by atoms with Crippen molar-refractivity contribution in [2.45, 2.75) is 33.2 Å². The van der Waals surface area contributed by atoms with Crippen LogP contribution in [0.25, 0.3) is 11.3 Å². The average Bonchev–Trinajstić information content (AvgIpc) is 2.65. The maximum atomic E-state index is 12.1. The van der Waals surface area contributed by atoms with E-state index in [0.717, 1.165) is 4.68 Å². The third-order valence-electron chi connectivity index (χ3n) is 4.01. The van der Waals surface area contributed by atoms with Crippen LogP contribution in [-0.2, 0) is 6.54 Å². The zero-order valence-corrected chi connectivity index (χ0v) is 17.3. The van der Waals surface area contributed by atoms with Crippen LogP contribution >= 0.6 is 23.2 Å². The van der Waals surface area contributed by atoms with Crippen molar-refractivity contribution in [2.24, 2.45) is 0 Å². The highest BCUT2D eigenvalue weighted by atomic mass is 35.5. The van der Waals surface area contributed by atoms with Gasteiger partial charge in [0.2, 0.25) is 5.88 Å². The predicted octanol–water partition coefficient (Wildman–Crippen LogP) is 2.92. The Morgan fingerprint density at radius 3 is 2.38 bits per heavy atom. The summed E-state index contributed by atoms with van der Waals surface area (Å²) in [7, 11) is 0. The number of aromatic nitrogens is 5. The highest BCUT2D eigenvalue weighted by Crippen LogP contribution is 2.38. The molecule has 9 nitrogen and oxygen atoms in total. The molecule has 0 aliphatic carbocycles. The van der Waals surface area contributed by atoms with E-state index in [1.165, 1.54) is 18.3 Å².